The Morgan fingerprint density at radius 1 is 1.35 bits per heavy atom. The van der Waals surface area contributed by atoms with Crippen molar-refractivity contribution in [2.45, 2.75) is 13.0 Å². The molecule has 0 unspecified atom stereocenters. The van der Waals surface area contributed by atoms with Crippen molar-refractivity contribution in [3.8, 4) is 11.5 Å². The Hall–Kier alpha value is -1.88. The molecule has 2 N–H and O–H groups in total. The van der Waals surface area contributed by atoms with Crippen molar-refractivity contribution < 1.29 is 4.52 Å². The highest BCUT2D eigenvalue weighted by atomic mass is 16.5. The van der Waals surface area contributed by atoms with Crippen LogP contribution >= 0.6 is 0 Å². The maximum Gasteiger partial charge on any atom is 0.260 e. The first kappa shape index (κ1) is 10.3. The number of nitrogens with zero attached hydrogens (tertiary/aromatic N) is 2. The van der Waals surface area contributed by atoms with Gasteiger partial charge in [-0.05, 0) is 19.1 Å². The number of aryl methyl sites for hydroxylation is 1. The highest BCUT2D eigenvalue weighted by Crippen LogP contribution is 2.27. The Bertz CT molecular complexity index is 519. The van der Waals surface area contributed by atoms with E-state index in [4.69, 9.17) is 4.52 Å². The van der Waals surface area contributed by atoms with Crippen LogP contribution in [0.4, 0.5) is 5.69 Å². The second-order valence-corrected chi connectivity index (χ2v) is 4.19. The van der Waals surface area contributed by atoms with E-state index in [0.717, 1.165) is 24.3 Å². The van der Waals surface area contributed by atoms with Crippen LogP contribution in [0.15, 0.2) is 28.8 Å². The standard InChI is InChI=1S/C12H14N4O/c1-8-14-12(17-16-8)10-4-2-3-5-11(10)15-9-6-13-7-9/h2-5,9,13,15H,6-7H2,1H3. The second-order valence-electron chi connectivity index (χ2n) is 4.19. The van der Waals surface area contributed by atoms with Gasteiger partial charge in [0, 0.05) is 18.8 Å². The molecule has 3 rings (SSSR count). The lowest BCUT2D eigenvalue weighted by atomic mass is 10.1. The lowest BCUT2D eigenvalue weighted by molar-refractivity contribution is 0.425. The predicted molar refractivity (Wildman–Crippen MR) is 64.8 cm³/mol. The van der Waals surface area contributed by atoms with Gasteiger partial charge in [0.05, 0.1) is 11.6 Å². The van der Waals surface area contributed by atoms with E-state index in [9.17, 15) is 0 Å². The summed E-state index contributed by atoms with van der Waals surface area (Å²) in [4.78, 5) is 4.26. The zero-order valence-corrected chi connectivity index (χ0v) is 9.60. The van der Waals surface area contributed by atoms with Crippen LogP contribution in [0.2, 0.25) is 0 Å². The molecule has 0 saturated carbocycles. The average Bonchev–Trinajstić information content (AvgIpc) is 2.71. The molecular weight excluding hydrogens is 216 g/mol. The van der Waals surface area contributed by atoms with Gasteiger partial charge in [0.2, 0.25) is 0 Å². The van der Waals surface area contributed by atoms with Crippen molar-refractivity contribution in [2.75, 3.05) is 18.4 Å². The molecule has 1 aliphatic rings. The molecule has 0 amide bonds. The van der Waals surface area contributed by atoms with Gasteiger partial charge < -0.3 is 15.2 Å². The summed E-state index contributed by atoms with van der Waals surface area (Å²) < 4.78 is 5.21. The monoisotopic (exact) mass is 230 g/mol. The molecule has 0 atom stereocenters. The molecule has 88 valence electrons. The maximum atomic E-state index is 5.21. The van der Waals surface area contributed by atoms with Crippen molar-refractivity contribution in [1.82, 2.24) is 15.5 Å². The first-order valence-electron chi connectivity index (χ1n) is 5.70. The summed E-state index contributed by atoms with van der Waals surface area (Å²) >= 11 is 0. The van der Waals surface area contributed by atoms with Crippen LogP contribution in [0.3, 0.4) is 0 Å². The van der Waals surface area contributed by atoms with E-state index in [1.54, 1.807) is 0 Å². The molecule has 1 fully saturated rings. The van der Waals surface area contributed by atoms with Gasteiger partial charge in [-0.3, -0.25) is 0 Å². The Morgan fingerprint density at radius 3 is 2.82 bits per heavy atom. The summed E-state index contributed by atoms with van der Waals surface area (Å²) in [5, 5.41) is 10.5. The zero-order valence-electron chi connectivity index (χ0n) is 9.60. The molecule has 0 bridgehead atoms. The van der Waals surface area contributed by atoms with E-state index in [1.165, 1.54) is 0 Å². The van der Waals surface area contributed by atoms with Crippen LogP contribution in [0, 0.1) is 6.92 Å². The molecule has 0 spiro atoms. The third-order valence-electron chi connectivity index (χ3n) is 2.83. The van der Waals surface area contributed by atoms with E-state index in [2.05, 4.69) is 20.8 Å². The van der Waals surface area contributed by atoms with Crippen LogP contribution < -0.4 is 10.6 Å². The van der Waals surface area contributed by atoms with Crippen LogP contribution in [0.1, 0.15) is 5.82 Å². The Morgan fingerprint density at radius 2 is 2.18 bits per heavy atom. The highest BCUT2D eigenvalue weighted by molar-refractivity contribution is 5.72. The topological polar surface area (TPSA) is 63.0 Å². The van der Waals surface area contributed by atoms with Gasteiger partial charge in [-0.2, -0.15) is 4.98 Å². The predicted octanol–water partition coefficient (Wildman–Crippen LogP) is 1.43. The fraction of sp³-hybridized carbons (Fsp3) is 0.333. The first-order valence-corrected chi connectivity index (χ1v) is 5.70. The minimum Gasteiger partial charge on any atom is -0.379 e. The average molecular weight is 230 g/mol. The molecule has 1 saturated heterocycles. The Balaban J connectivity index is 1.92. The number of anilines is 1. The van der Waals surface area contributed by atoms with Crippen LogP contribution in [0.5, 0.6) is 0 Å². The Labute approximate surface area is 99.2 Å². The van der Waals surface area contributed by atoms with E-state index >= 15 is 0 Å². The summed E-state index contributed by atoms with van der Waals surface area (Å²) in [5.41, 5.74) is 2.00. The number of hydrogen-bond acceptors (Lipinski definition) is 5. The fourth-order valence-corrected chi connectivity index (χ4v) is 1.81. The van der Waals surface area contributed by atoms with E-state index < -0.39 is 0 Å². The summed E-state index contributed by atoms with van der Waals surface area (Å²) in [6.07, 6.45) is 0. The quantitative estimate of drug-likeness (QED) is 0.835. The fourth-order valence-electron chi connectivity index (χ4n) is 1.81. The zero-order chi connectivity index (χ0) is 11.7. The van der Waals surface area contributed by atoms with Crippen LogP contribution in [-0.4, -0.2) is 29.3 Å². The summed E-state index contributed by atoms with van der Waals surface area (Å²) in [6.45, 7) is 3.81. The van der Waals surface area contributed by atoms with Gasteiger partial charge in [-0.1, -0.05) is 17.3 Å². The van der Waals surface area contributed by atoms with Gasteiger partial charge in [0.25, 0.3) is 5.89 Å². The molecule has 1 aliphatic heterocycles. The van der Waals surface area contributed by atoms with Crippen molar-refractivity contribution in [1.29, 1.82) is 0 Å². The number of nitrogens with one attached hydrogen (secondary N) is 2. The molecule has 1 aromatic heterocycles. The highest BCUT2D eigenvalue weighted by Gasteiger charge is 2.19. The summed E-state index contributed by atoms with van der Waals surface area (Å²) in [5.74, 6) is 1.22. The molecule has 1 aromatic carbocycles. The molecule has 2 aromatic rings. The van der Waals surface area contributed by atoms with Crippen molar-refractivity contribution in [2.24, 2.45) is 0 Å². The van der Waals surface area contributed by atoms with Gasteiger partial charge in [0.1, 0.15) is 0 Å². The number of hydrogen-bond donors (Lipinski definition) is 2. The smallest absolute Gasteiger partial charge is 0.260 e. The normalized spacial score (nSPS) is 15.6. The SMILES string of the molecule is Cc1noc(-c2ccccc2NC2CNC2)n1. The molecule has 5 nitrogen and oxygen atoms in total. The van der Waals surface area contributed by atoms with Crippen molar-refractivity contribution >= 4 is 5.69 Å². The van der Waals surface area contributed by atoms with Crippen LogP contribution in [0.25, 0.3) is 11.5 Å². The minimum atomic E-state index is 0.486. The van der Waals surface area contributed by atoms with Gasteiger partial charge in [-0.25, -0.2) is 0 Å². The molecule has 0 radical (unpaired) electrons. The number of rotatable bonds is 3. The molecule has 17 heavy (non-hydrogen) atoms. The van der Waals surface area contributed by atoms with E-state index in [0.29, 0.717) is 17.8 Å². The number of benzene rings is 1. The lowest BCUT2D eigenvalue weighted by Crippen LogP contribution is -2.51. The summed E-state index contributed by atoms with van der Waals surface area (Å²) in [6, 6.07) is 8.48. The minimum absolute atomic E-state index is 0.486. The van der Waals surface area contributed by atoms with E-state index in [-0.39, 0.29) is 0 Å². The molecule has 0 aliphatic carbocycles. The van der Waals surface area contributed by atoms with Crippen molar-refractivity contribution in [3.63, 3.8) is 0 Å². The number of aromatic nitrogens is 2. The Kier molecular flexibility index (Phi) is 2.53. The number of para-hydroxylation sites is 1. The van der Waals surface area contributed by atoms with Crippen LogP contribution in [-0.2, 0) is 0 Å². The first-order chi connectivity index (χ1) is 8.33. The van der Waals surface area contributed by atoms with Crippen molar-refractivity contribution in [3.05, 3.63) is 30.1 Å². The lowest BCUT2D eigenvalue weighted by Gasteiger charge is -2.29. The second kappa shape index (κ2) is 4.18. The molecule has 5 heteroatoms. The van der Waals surface area contributed by atoms with Gasteiger partial charge in [0.15, 0.2) is 5.82 Å². The van der Waals surface area contributed by atoms with Gasteiger partial charge in [-0.15, -0.1) is 0 Å². The largest absolute Gasteiger partial charge is 0.379 e. The van der Waals surface area contributed by atoms with Gasteiger partial charge >= 0.3 is 0 Å². The summed E-state index contributed by atoms with van der Waals surface area (Å²) in [7, 11) is 0. The maximum absolute atomic E-state index is 5.21. The van der Waals surface area contributed by atoms with E-state index in [1.807, 2.05) is 31.2 Å². The third-order valence-corrected chi connectivity index (χ3v) is 2.83. The third kappa shape index (κ3) is 2.01. The molecule has 2 heterocycles. The molecular formula is C12H14N4O.